The van der Waals surface area contributed by atoms with Crippen molar-refractivity contribution in [2.45, 2.75) is 19.9 Å². The first-order chi connectivity index (χ1) is 5.66. The quantitative estimate of drug-likeness (QED) is 0.637. The van der Waals surface area contributed by atoms with Gasteiger partial charge in [0.25, 0.3) is 0 Å². The lowest BCUT2D eigenvalue weighted by molar-refractivity contribution is -0.132. The van der Waals surface area contributed by atoms with Gasteiger partial charge in [-0.15, -0.1) is 0 Å². The van der Waals surface area contributed by atoms with Gasteiger partial charge in [0, 0.05) is 18.0 Å². The minimum Gasteiger partial charge on any atom is -0.380 e. The van der Waals surface area contributed by atoms with E-state index in [0.717, 1.165) is 19.8 Å². The molecule has 0 spiro atoms. The molecule has 3 N–H and O–H groups in total. The van der Waals surface area contributed by atoms with Crippen LogP contribution >= 0.6 is 0 Å². The van der Waals surface area contributed by atoms with E-state index in [1.807, 2.05) is 7.05 Å². The van der Waals surface area contributed by atoms with Crippen molar-refractivity contribution in [1.82, 2.24) is 5.32 Å². The average Bonchev–Trinajstić information content (AvgIpc) is 1.95. The smallest absolute Gasteiger partial charge is 0.0572 e. The summed E-state index contributed by atoms with van der Waals surface area (Å²) in [6.07, 6.45) is 0. The summed E-state index contributed by atoms with van der Waals surface area (Å²) >= 11 is 0. The molecule has 0 aliphatic carbocycles. The molecule has 3 nitrogen and oxygen atoms in total. The largest absolute Gasteiger partial charge is 0.380 e. The van der Waals surface area contributed by atoms with E-state index in [1.165, 1.54) is 0 Å². The monoisotopic (exact) mass is 172 g/mol. The normalized spacial score (nSPS) is 23.8. The van der Waals surface area contributed by atoms with E-state index in [-0.39, 0.29) is 5.41 Å². The van der Waals surface area contributed by atoms with Gasteiger partial charge in [-0.3, -0.25) is 0 Å². The van der Waals surface area contributed by atoms with E-state index in [9.17, 15) is 0 Å². The van der Waals surface area contributed by atoms with Crippen molar-refractivity contribution in [1.29, 1.82) is 0 Å². The summed E-state index contributed by atoms with van der Waals surface area (Å²) in [5, 5.41) is 3.34. The lowest BCUT2D eigenvalue weighted by Crippen LogP contribution is -2.61. The molecule has 72 valence electrons. The SMILES string of the molecule is CNC(C(C)C)C1(CN)COC1. The van der Waals surface area contributed by atoms with Crippen molar-refractivity contribution in [2.75, 3.05) is 26.8 Å². The molecule has 1 aliphatic heterocycles. The fraction of sp³-hybridized carbons (Fsp3) is 1.00. The topological polar surface area (TPSA) is 47.3 Å². The summed E-state index contributed by atoms with van der Waals surface area (Å²) < 4.78 is 5.24. The molecule has 0 aromatic heterocycles. The van der Waals surface area contributed by atoms with Crippen LogP contribution in [0.1, 0.15) is 13.8 Å². The minimum atomic E-state index is 0.197. The summed E-state index contributed by atoms with van der Waals surface area (Å²) in [5.74, 6) is 0.613. The molecule has 0 aromatic rings. The molecule has 3 heteroatoms. The lowest BCUT2D eigenvalue weighted by atomic mass is 9.73. The number of nitrogens with two attached hydrogens (primary N) is 1. The standard InChI is InChI=1S/C9H20N2O/c1-7(2)8(11-3)9(4-10)5-12-6-9/h7-8,11H,4-6,10H2,1-3H3. The van der Waals surface area contributed by atoms with Crippen molar-refractivity contribution >= 4 is 0 Å². The molecule has 1 unspecified atom stereocenters. The molecular weight excluding hydrogens is 152 g/mol. The second-order valence-electron chi connectivity index (χ2n) is 4.07. The van der Waals surface area contributed by atoms with Gasteiger partial charge in [0.1, 0.15) is 0 Å². The number of hydrogen-bond donors (Lipinski definition) is 2. The van der Waals surface area contributed by atoms with Crippen LogP contribution in [0.15, 0.2) is 0 Å². The van der Waals surface area contributed by atoms with Crippen LogP contribution in [0.25, 0.3) is 0 Å². The predicted octanol–water partition coefficient (Wildman–Crippen LogP) is 0.206. The van der Waals surface area contributed by atoms with Crippen molar-refractivity contribution in [2.24, 2.45) is 17.1 Å². The summed E-state index contributed by atoms with van der Waals surface area (Å²) in [7, 11) is 2.00. The molecule has 0 saturated carbocycles. The molecule has 1 rings (SSSR count). The Morgan fingerprint density at radius 1 is 1.50 bits per heavy atom. The zero-order chi connectivity index (χ0) is 9.19. The average molecular weight is 172 g/mol. The van der Waals surface area contributed by atoms with Crippen molar-refractivity contribution < 1.29 is 4.74 Å². The van der Waals surface area contributed by atoms with Crippen LogP contribution in [0.4, 0.5) is 0 Å². The van der Waals surface area contributed by atoms with Crippen molar-refractivity contribution in [3.05, 3.63) is 0 Å². The minimum absolute atomic E-state index is 0.197. The number of rotatable bonds is 4. The zero-order valence-electron chi connectivity index (χ0n) is 8.26. The first-order valence-corrected chi connectivity index (χ1v) is 4.61. The van der Waals surface area contributed by atoms with Crippen LogP contribution in [0.2, 0.25) is 0 Å². The Morgan fingerprint density at radius 2 is 2.08 bits per heavy atom. The first-order valence-electron chi connectivity index (χ1n) is 4.61. The molecule has 1 heterocycles. The van der Waals surface area contributed by atoms with Gasteiger partial charge in [-0.05, 0) is 13.0 Å². The van der Waals surface area contributed by atoms with E-state index in [0.29, 0.717) is 12.0 Å². The highest BCUT2D eigenvalue weighted by Gasteiger charge is 2.44. The Labute approximate surface area is 74.7 Å². The zero-order valence-corrected chi connectivity index (χ0v) is 8.26. The Balaban J connectivity index is 2.61. The highest BCUT2D eigenvalue weighted by molar-refractivity contribution is 4.97. The first kappa shape index (κ1) is 9.96. The van der Waals surface area contributed by atoms with Gasteiger partial charge < -0.3 is 15.8 Å². The third-order valence-corrected chi connectivity index (χ3v) is 2.82. The Hall–Kier alpha value is -0.120. The van der Waals surface area contributed by atoms with Crippen LogP contribution in [0.5, 0.6) is 0 Å². The maximum absolute atomic E-state index is 5.76. The predicted molar refractivity (Wildman–Crippen MR) is 50.0 cm³/mol. The number of ether oxygens (including phenoxy) is 1. The molecule has 0 aromatic carbocycles. The fourth-order valence-electron chi connectivity index (χ4n) is 2.14. The molecule has 1 fully saturated rings. The van der Waals surface area contributed by atoms with Gasteiger partial charge in [0.2, 0.25) is 0 Å². The Kier molecular flexibility index (Phi) is 3.09. The Bertz CT molecular complexity index is 138. The molecule has 1 saturated heterocycles. The fourth-order valence-corrected chi connectivity index (χ4v) is 2.14. The van der Waals surface area contributed by atoms with Gasteiger partial charge >= 0.3 is 0 Å². The molecule has 0 radical (unpaired) electrons. The third-order valence-electron chi connectivity index (χ3n) is 2.82. The highest BCUT2D eigenvalue weighted by atomic mass is 16.5. The molecule has 0 bridgehead atoms. The molecule has 0 amide bonds. The van der Waals surface area contributed by atoms with Gasteiger partial charge in [-0.2, -0.15) is 0 Å². The van der Waals surface area contributed by atoms with E-state index in [1.54, 1.807) is 0 Å². The molecular formula is C9H20N2O. The second-order valence-corrected chi connectivity index (χ2v) is 4.07. The van der Waals surface area contributed by atoms with E-state index < -0.39 is 0 Å². The summed E-state index contributed by atoms with van der Waals surface area (Å²) in [6.45, 7) is 6.78. The second kappa shape index (κ2) is 3.73. The van der Waals surface area contributed by atoms with E-state index in [4.69, 9.17) is 10.5 Å². The van der Waals surface area contributed by atoms with Crippen LogP contribution in [0.3, 0.4) is 0 Å². The van der Waals surface area contributed by atoms with Crippen LogP contribution < -0.4 is 11.1 Å². The number of hydrogen-bond acceptors (Lipinski definition) is 3. The van der Waals surface area contributed by atoms with Crippen LogP contribution in [-0.4, -0.2) is 32.8 Å². The maximum atomic E-state index is 5.76. The highest BCUT2D eigenvalue weighted by Crippen LogP contribution is 2.33. The molecule has 12 heavy (non-hydrogen) atoms. The van der Waals surface area contributed by atoms with Gasteiger partial charge in [-0.25, -0.2) is 0 Å². The molecule has 1 aliphatic rings. The van der Waals surface area contributed by atoms with Crippen LogP contribution in [0, 0.1) is 11.3 Å². The van der Waals surface area contributed by atoms with Gasteiger partial charge in [-0.1, -0.05) is 13.8 Å². The Morgan fingerprint density at radius 3 is 2.17 bits per heavy atom. The van der Waals surface area contributed by atoms with Crippen LogP contribution in [-0.2, 0) is 4.74 Å². The molecule has 1 atom stereocenters. The third kappa shape index (κ3) is 1.49. The van der Waals surface area contributed by atoms with E-state index >= 15 is 0 Å². The maximum Gasteiger partial charge on any atom is 0.0572 e. The summed E-state index contributed by atoms with van der Waals surface area (Å²) in [5.41, 5.74) is 5.96. The van der Waals surface area contributed by atoms with E-state index in [2.05, 4.69) is 19.2 Å². The van der Waals surface area contributed by atoms with Crippen molar-refractivity contribution in [3.63, 3.8) is 0 Å². The van der Waals surface area contributed by atoms with Crippen molar-refractivity contribution in [3.8, 4) is 0 Å². The summed E-state index contributed by atoms with van der Waals surface area (Å²) in [6, 6.07) is 0.483. The lowest BCUT2D eigenvalue weighted by Gasteiger charge is -2.48. The van der Waals surface area contributed by atoms with Gasteiger partial charge in [0.05, 0.1) is 13.2 Å². The summed E-state index contributed by atoms with van der Waals surface area (Å²) in [4.78, 5) is 0. The number of nitrogens with one attached hydrogen (secondary N) is 1. The van der Waals surface area contributed by atoms with Gasteiger partial charge in [0.15, 0.2) is 0 Å².